The maximum atomic E-state index is 9.76. The molecule has 0 aliphatic carbocycles. The summed E-state index contributed by atoms with van der Waals surface area (Å²) in [6.07, 6.45) is 0. The lowest BCUT2D eigenvalue weighted by atomic mass is 9.85. The SMILES string of the molecule is CC.Cc1cc(C(C)(C)C)cc(CBr)c1O. The molecule has 0 saturated carbocycles. The number of aromatic hydroxyl groups is 1. The molecule has 2 heteroatoms. The molecule has 1 aromatic carbocycles. The van der Waals surface area contributed by atoms with Gasteiger partial charge in [-0.25, -0.2) is 0 Å². The quantitative estimate of drug-likeness (QED) is 0.727. The van der Waals surface area contributed by atoms with E-state index in [1.165, 1.54) is 5.56 Å². The molecule has 0 saturated heterocycles. The van der Waals surface area contributed by atoms with Crippen molar-refractivity contribution in [2.45, 2.75) is 52.3 Å². The van der Waals surface area contributed by atoms with Gasteiger partial charge < -0.3 is 5.11 Å². The largest absolute Gasteiger partial charge is 0.507 e. The second-order valence-electron chi connectivity index (χ2n) is 4.68. The highest BCUT2D eigenvalue weighted by atomic mass is 79.9. The van der Waals surface area contributed by atoms with Gasteiger partial charge in [-0.2, -0.15) is 0 Å². The van der Waals surface area contributed by atoms with Crippen molar-refractivity contribution >= 4 is 15.9 Å². The van der Waals surface area contributed by atoms with Crippen molar-refractivity contribution in [3.05, 3.63) is 28.8 Å². The van der Waals surface area contributed by atoms with Crippen molar-refractivity contribution in [1.29, 1.82) is 0 Å². The van der Waals surface area contributed by atoms with Crippen LogP contribution in [0.5, 0.6) is 5.75 Å². The van der Waals surface area contributed by atoms with Gasteiger partial charge in [0.2, 0.25) is 0 Å². The fourth-order valence-corrected chi connectivity index (χ4v) is 1.81. The second-order valence-corrected chi connectivity index (χ2v) is 5.25. The van der Waals surface area contributed by atoms with Crippen LogP contribution >= 0.6 is 15.9 Å². The van der Waals surface area contributed by atoms with Crippen molar-refractivity contribution in [1.82, 2.24) is 0 Å². The van der Waals surface area contributed by atoms with Crippen molar-refractivity contribution in [2.24, 2.45) is 0 Å². The van der Waals surface area contributed by atoms with Crippen LogP contribution < -0.4 is 0 Å². The topological polar surface area (TPSA) is 20.2 Å². The summed E-state index contributed by atoms with van der Waals surface area (Å²) in [5, 5.41) is 10.5. The van der Waals surface area contributed by atoms with Crippen molar-refractivity contribution in [2.75, 3.05) is 0 Å². The molecule has 1 N–H and O–H groups in total. The Balaban J connectivity index is 0.00000106. The first-order chi connectivity index (χ1) is 7.36. The minimum Gasteiger partial charge on any atom is -0.507 e. The summed E-state index contributed by atoms with van der Waals surface area (Å²) >= 11 is 3.38. The maximum Gasteiger partial charge on any atom is 0.122 e. The van der Waals surface area contributed by atoms with Crippen LogP contribution in [0.2, 0.25) is 0 Å². The molecule has 0 aliphatic heterocycles. The molecule has 0 heterocycles. The molecule has 0 aliphatic rings. The van der Waals surface area contributed by atoms with Crippen LogP contribution in [0, 0.1) is 6.92 Å². The summed E-state index contributed by atoms with van der Waals surface area (Å²) in [6.45, 7) is 12.5. The number of phenolic OH excluding ortho intramolecular Hbond substituents is 1. The van der Waals surface area contributed by atoms with Gasteiger partial charge in [0.15, 0.2) is 0 Å². The van der Waals surface area contributed by atoms with Crippen LogP contribution in [0.15, 0.2) is 12.1 Å². The zero-order valence-corrected chi connectivity index (χ0v) is 12.8. The Morgan fingerprint density at radius 3 is 2.06 bits per heavy atom. The van der Waals surface area contributed by atoms with Gasteiger partial charge in [-0.05, 0) is 23.5 Å². The highest BCUT2D eigenvalue weighted by Gasteiger charge is 2.16. The van der Waals surface area contributed by atoms with Gasteiger partial charge in [0.25, 0.3) is 0 Å². The molecule has 0 atom stereocenters. The van der Waals surface area contributed by atoms with E-state index in [1.807, 2.05) is 20.8 Å². The highest BCUT2D eigenvalue weighted by Crippen LogP contribution is 2.31. The van der Waals surface area contributed by atoms with Gasteiger partial charge >= 0.3 is 0 Å². The molecule has 1 aromatic rings. The van der Waals surface area contributed by atoms with Crippen LogP contribution in [-0.4, -0.2) is 5.11 Å². The molecule has 1 nitrogen and oxygen atoms in total. The molecule has 0 radical (unpaired) electrons. The van der Waals surface area contributed by atoms with E-state index < -0.39 is 0 Å². The molecule has 92 valence electrons. The average Bonchev–Trinajstić information content (AvgIpc) is 2.23. The Kier molecular flexibility index (Phi) is 6.09. The number of hydrogen-bond acceptors (Lipinski definition) is 1. The number of aryl methyl sites for hydroxylation is 1. The monoisotopic (exact) mass is 286 g/mol. The number of rotatable bonds is 1. The molecule has 0 amide bonds. The Morgan fingerprint density at radius 2 is 1.69 bits per heavy atom. The van der Waals surface area contributed by atoms with Gasteiger partial charge in [-0.15, -0.1) is 0 Å². The van der Waals surface area contributed by atoms with Crippen LogP contribution in [0.25, 0.3) is 0 Å². The standard InChI is InChI=1S/C12H17BrO.C2H6/c1-8-5-10(12(2,3)4)6-9(7-13)11(8)14;1-2/h5-6,14H,7H2,1-4H3;1-2H3. The predicted octanol–water partition coefficient (Wildman–Crippen LogP) is 4.92. The van der Waals surface area contributed by atoms with E-state index in [4.69, 9.17) is 0 Å². The molecule has 16 heavy (non-hydrogen) atoms. The number of hydrogen-bond donors (Lipinski definition) is 1. The molecular weight excluding hydrogens is 264 g/mol. The van der Waals surface area contributed by atoms with E-state index in [0.29, 0.717) is 11.1 Å². The van der Waals surface area contributed by atoms with Gasteiger partial charge in [-0.1, -0.05) is 62.7 Å². The third kappa shape index (κ3) is 3.82. The first kappa shape index (κ1) is 15.5. The molecule has 0 aromatic heterocycles. The van der Waals surface area contributed by atoms with E-state index in [9.17, 15) is 5.11 Å². The first-order valence-corrected chi connectivity index (χ1v) is 6.87. The Labute approximate surface area is 108 Å². The van der Waals surface area contributed by atoms with E-state index in [-0.39, 0.29) is 5.41 Å². The molecule has 0 fully saturated rings. The zero-order chi connectivity index (χ0) is 12.9. The third-order valence-corrected chi connectivity index (χ3v) is 2.99. The van der Waals surface area contributed by atoms with E-state index in [0.717, 1.165) is 11.1 Å². The second kappa shape index (κ2) is 6.29. The molecular formula is C14H23BrO. The van der Waals surface area contributed by atoms with Gasteiger partial charge in [0.05, 0.1) is 0 Å². The van der Waals surface area contributed by atoms with Gasteiger partial charge in [0.1, 0.15) is 5.75 Å². The van der Waals surface area contributed by atoms with Crippen LogP contribution in [0.1, 0.15) is 51.3 Å². The smallest absolute Gasteiger partial charge is 0.122 e. The summed E-state index contributed by atoms with van der Waals surface area (Å²) in [6, 6.07) is 4.12. The summed E-state index contributed by atoms with van der Waals surface area (Å²) in [5.41, 5.74) is 3.32. The highest BCUT2D eigenvalue weighted by molar-refractivity contribution is 9.08. The average molecular weight is 287 g/mol. The molecule has 0 bridgehead atoms. The summed E-state index contributed by atoms with van der Waals surface area (Å²) in [5.74, 6) is 0.412. The summed E-state index contributed by atoms with van der Waals surface area (Å²) < 4.78 is 0. The maximum absolute atomic E-state index is 9.76. The van der Waals surface area contributed by atoms with E-state index >= 15 is 0 Å². The Morgan fingerprint density at radius 1 is 1.19 bits per heavy atom. The first-order valence-electron chi connectivity index (χ1n) is 5.75. The van der Waals surface area contributed by atoms with Crippen LogP contribution in [-0.2, 0) is 10.7 Å². The zero-order valence-electron chi connectivity index (χ0n) is 11.2. The predicted molar refractivity (Wildman–Crippen MR) is 75.5 cm³/mol. The van der Waals surface area contributed by atoms with Crippen molar-refractivity contribution in [3.63, 3.8) is 0 Å². The molecule has 0 unspecified atom stereocenters. The minimum absolute atomic E-state index is 0.134. The van der Waals surface area contributed by atoms with Crippen molar-refractivity contribution < 1.29 is 5.11 Å². The number of alkyl halides is 1. The fourth-order valence-electron chi connectivity index (χ4n) is 1.39. The lowest BCUT2D eigenvalue weighted by Crippen LogP contribution is -2.11. The minimum atomic E-state index is 0.134. The van der Waals surface area contributed by atoms with E-state index in [2.05, 4.69) is 48.8 Å². The number of benzene rings is 1. The van der Waals surface area contributed by atoms with Gasteiger partial charge in [-0.3, -0.25) is 0 Å². The Hall–Kier alpha value is -0.500. The number of phenols is 1. The Bertz CT molecular complexity index is 337. The third-order valence-electron chi connectivity index (χ3n) is 2.39. The van der Waals surface area contributed by atoms with Gasteiger partial charge in [0, 0.05) is 10.9 Å². The van der Waals surface area contributed by atoms with E-state index in [1.54, 1.807) is 0 Å². The lowest BCUT2D eigenvalue weighted by molar-refractivity contribution is 0.465. The van der Waals surface area contributed by atoms with Crippen LogP contribution in [0.3, 0.4) is 0 Å². The fraction of sp³-hybridized carbons (Fsp3) is 0.571. The summed E-state index contributed by atoms with van der Waals surface area (Å²) in [7, 11) is 0. The molecule has 1 rings (SSSR count). The van der Waals surface area contributed by atoms with Crippen molar-refractivity contribution in [3.8, 4) is 5.75 Å². The normalized spacial score (nSPS) is 10.7. The molecule has 0 spiro atoms. The number of halogens is 1. The summed E-state index contributed by atoms with van der Waals surface area (Å²) in [4.78, 5) is 0. The lowest BCUT2D eigenvalue weighted by Gasteiger charge is -2.21. The van der Waals surface area contributed by atoms with Crippen LogP contribution in [0.4, 0.5) is 0 Å².